The minimum atomic E-state index is -1.23. The lowest BCUT2D eigenvalue weighted by molar-refractivity contribution is -0.140. The van der Waals surface area contributed by atoms with Crippen LogP contribution in [0.4, 0.5) is 5.82 Å². The number of nitrogens with one attached hydrogen (secondary N) is 2. The molecule has 0 aliphatic rings. The lowest BCUT2D eigenvalue weighted by atomic mass is 10.1. The van der Waals surface area contributed by atoms with E-state index in [1.807, 2.05) is 44.2 Å². The van der Waals surface area contributed by atoms with Crippen LogP contribution in [0, 0.1) is 6.92 Å². The largest absolute Gasteiger partial charge is 0.481 e. The summed E-state index contributed by atoms with van der Waals surface area (Å²) in [6.45, 7) is 7.40. The van der Waals surface area contributed by atoms with E-state index in [1.54, 1.807) is 13.8 Å². The summed E-state index contributed by atoms with van der Waals surface area (Å²) in [4.78, 5) is 55.7. The molecule has 3 rings (SSSR count). The molecular formula is C27H34N6O6S. The SMILES string of the molecule is CCC(C(=O)NC(CC(=O)O)C(=O)CSCc1ccccc1)n1cc(C(C)C)nc(NCc2nonc2C)c1=O. The highest BCUT2D eigenvalue weighted by Crippen LogP contribution is 2.18. The number of thioether (sulfide) groups is 1. The summed E-state index contributed by atoms with van der Waals surface area (Å²) in [6.07, 6.45) is 1.18. The molecule has 0 bridgehead atoms. The molecule has 214 valence electrons. The van der Waals surface area contributed by atoms with Crippen LogP contribution in [0.15, 0.2) is 46.0 Å². The van der Waals surface area contributed by atoms with Gasteiger partial charge in [-0.15, -0.1) is 11.8 Å². The van der Waals surface area contributed by atoms with Crippen molar-refractivity contribution >= 4 is 35.2 Å². The minimum absolute atomic E-state index is 0.0234. The van der Waals surface area contributed by atoms with Gasteiger partial charge in [0.1, 0.15) is 17.4 Å². The van der Waals surface area contributed by atoms with Crippen LogP contribution in [-0.2, 0) is 26.7 Å². The van der Waals surface area contributed by atoms with Gasteiger partial charge in [-0.05, 0) is 24.8 Å². The molecule has 3 N–H and O–H groups in total. The van der Waals surface area contributed by atoms with Crippen molar-refractivity contribution in [1.82, 2.24) is 25.2 Å². The molecule has 40 heavy (non-hydrogen) atoms. The van der Waals surface area contributed by atoms with E-state index in [2.05, 4.69) is 25.9 Å². The molecule has 0 saturated heterocycles. The van der Waals surface area contributed by atoms with Crippen molar-refractivity contribution in [2.75, 3.05) is 11.1 Å². The van der Waals surface area contributed by atoms with Gasteiger partial charge in [-0.3, -0.25) is 23.7 Å². The minimum Gasteiger partial charge on any atom is -0.481 e. The average Bonchev–Trinajstić information content (AvgIpc) is 3.33. The molecular weight excluding hydrogens is 536 g/mol. The van der Waals surface area contributed by atoms with E-state index < -0.39 is 41.7 Å². The third kappa shape index (κ3) is 8.25. The fourth-order valence-electron chi connectivity index (χ4n) is 3.87. The van der Waals surface area contributed by atoms with Gasteiger partial charge in [0.05, 0.1) is 30.5 Å². The number of hydrogen-bond acceptors (Lipinski definition) is 10. The Labute approximate surface area is 235 Å². The Kier molecular flexibility index (Phi) is 11.0. The number of amides is 1. The van der Waals surface area contributed by atoms with Crippen LogP contribution in [-0.4, -0.2) is 54.4 Å². The van der Waals surface area contributed by atoms with Crippen LogP contribution in [0.1, 0.15) is 68.2 Å². The summed E-state index contributed by atoms with van der Waals surface area (Å²) in [5, 5.41) is 22.5. The topological polar surface area (TPSA) is 169 Å². The zero-order valence-corrected chi connectivity index (χ0v) is 23.7. The van der Waals surface area contributed by atoms with Gasteiger partial charge in [-0.1, -0.05) is 61.4 Å². The van der Waals surface area contributed by atoms with Gasteiger partial charge in [-0.25, -0.2) is 9.61 Å². The van der Waals surface area contributed by atoms with Crippen molar-refractivity contribution in [3.8, 4) is 0 Å². The Bertz CT molecular complexity index is 1370. The van der Waals surface area contributed by atoms with Crippen molar-refractivity contribution < 1.29 is 24.1 Å². The maximum absolute atomic E-state index is 13.4. The summed E-state index contributed by atoms with van der Waals surface area (Å²) in [5.41, 5.74) is 2.13. The van der Waals surface area contributed by atoms with Crippen LogP contribution in [0.5, 0.6) is 0 Å². The second-order valence-electron chi connectivity index (χ2n) is 9.56. The molecule has 2 heterocycles. The third-order valence-corrected chi connectivity index (χ3v) is 7.20. The Balaban J connectivity index is 1.79. The Morgan fingerprint density at radius 3 is 2.48 bits per heavy atom. The molecule has 0 spiro atoms. The zero-order chi connectivity index (χ0) is 29.2. The summed E-state index contributed by atoms with van der Waals surface area (Å²) < 4.78 is 5.98. The second-order valence-corrected chi connectivity index (χ2v) is 10.5. The molecule has 2 aromatic heterocycles. The Morgan fingerprint density at radius 1 is 1.15 bits per heavy atom. The highest BCUT2D eigenvalue weighted by atomic mass is 32.2. The number of ketones is 1. The third-order valence-electron chi connectivity index (χ3n) is 6.18. The number of nitrogens with zero attached hydrogens (tertiary/aromatic N) is 4. The van der Waals surface area contributed by atoms with Crippen molar-refractivity contribution in [3.05, 3.63) is 69.5 Å². The molecule has 1 aromatic carbocycles. The normalized spacial score (nSPS) is 12.6. The number of Topliss-reactive ketones (excluding diaryl/α,β-unsaturated/α-hetero) is 1. The summed E-state index contributed by atoms with van der Waals surface area (Å²) in [7, 11) is 0. The molecule has 12 nitrogen and oxygen atoms in total. The number of benzene rings is 1. The number of carboxylic acids is 1. The Morgan fingerprint density at radius 2 is 1.88 bits per heavy atom. The first-order valence-corrected chi connectivity index (χ1v) is 14.1. The van der Waals surface area contributed by atoms with Gasteiger partial charge in [0, 0.05) is 11.9 Å². The fraction of sp³-hybridized carbons (Fsp3) is 0.444. The number of anilines is 1. The second kappa shape index (κ2) is 14.4. The predicted octanol–water partition coefficient (Wildman–Crippen LogP) is 3.08. The maximum atomic E-state index is 13.4. The standard InChI is InChI=1S/C27H34N6O6S/c1-5-22(26(37)30-19(11-24(35)36)23(34)15-40-14-18-9-7-6-8-10-18)33-13-21(16(2)3)29-25(27(33)38)28-12-20-17(4)31-39-32-20/h6-10,13,16,19,22H,5,11-12,14-15H2,1-4H3,(H,28,29)(H,30,37)(H,35,36). The lowest BCUT2D eigenvalue weighted by Crippen LogP contribution is -2.47. The number of carbonyl (C=O) groups is 3. The molecule has 1 amide bonds. The molecule has 3 aromatic rings. The summed E-state index contributed by atoms with van der Waals surface area (Å²) in [6, 6.07) is 7.34. The number of hydrogen-bond donors (Lipinski definition) is 3. The van der Waals surface area contributed by atoms with Crippen LogP contribution in [0.3, 0.4) is 0 Å². The van der Waals surface area contributed by atoms with Gasteiger partial charge in [-0.2, -0.15) is 0 Å². The first kappa shape index (κ1) is 30.5. The number of aromatic nitrogens is 4. The van der Waals surface area contributed by atoms with Crippen LogP contribution >= 0.6 is 11.8 Å². The van der Waals surface area contributed by atoms with E-state index in [9.17, 15) is 24.3 Å². The number of rotatable bonds is 15. The smallest absolute Gasteiger partial charge is 0.305 e. The van der Waals surface area contributed by atoms with E-state index in [0.717, 1.165) is 5.56 Å². The van der Waals surface area contributed by atoms with Gasteiger partial charge in [0.2, 0.25) is 5.91 Å². The molecule has 0 aliphatic carbocycles. The van der Waals surface area contributed by atoms with Crippen LogP contribution < -0.4 is 16.2 Å². The highest BCUT2D eigenvalue weighted by Gasteiger charge is 2.29. The number of aliphatic carboxylic acids is 1. The van der Waals surface area contributed by atoms with Crippen molar-refractivity contribution in [2.24, 2.45) is 0 Å². The van der Waals surface area contributed by atoms with E-state index in [0.29, 0.717) is 22.8 Å². The molecule has 0 radical (unpaired) electrons. The molecule has 2 atom stereocenters. The number of carbonyl (C=O) groups excluding carboxylic acids is 2. The first-order chi connectivity index (χ1) is 19.1. The molecule has 2 unspecified atom stereocenters. The number of carboxylic acid groups (broad SMARTS) is 1. The predicted molar refractivity (Wildman–Crippen MR) is 150 cm³/mol. The zero-order valence-electron chi connectivity index (χ0n) is 22.9. The first-order valence-electron chi connectivity index (χ1n) is 12.9. The van der Waals surface area contributed by atoms with Crippen molar-refractivity contribution in [2.45, 2.75) is 70.8 Å². The molecule has 0 saturated carbocycles. The van der Waals surface area contributed by atoms with Gasteiger partial charge in [0.25, 0.3) is 5.56 Å². The quantitative estimate of drug-likeness (QED) is 0.245. The van der Waals surface area contributed by atoms with E-state index in [-0.39, 0.29) is 30.5 Å². The van der Waals surface area contributed by atoms with Crippen LogP contribution in [0.25, 0.3) is 0 Å². The highest BCUT2D eigenvalue weighted by molar-refractivity contribution is 7.99. The lowest BCUT2D eigenvalue weighted by Gasteiger charge is -2.23. The summed E-state index contributed by atoms with van der Waals surface area (Å²) in [5.74, 6) is -1.69. The molecule has 0 aliphatic heterocycles. The summed E-state index contributed by atoms with van der Waals surface area (Å²) >= 11 is 1.34. The number of aryl methyl sites for hydroxylation is 1. The van der Waals surface area contributed by atoms with E-state index in [4.69, 9.17) is 4.63 Å². The van der Waals surface area contributed by atoms with Crippen molar-refractivity contribution in [1.29, 1.82) is 0 Å². The molecule has 13 heteroatoms. The van der Waals surface area contributed by atoms with Crippen molar-refractivity contribution in [3.63, 3.8) is 0 Å². The Hall–Kier alpha value is -4.00. The average molecular weight is 571 g/mol. The van der Waals surface area contributed by atoms with Gasteiger partial charge < -0.3 is 15.7 Å². The van der Waals surface area contributed by atoms with E-state index >= 15 is 0 Å². The maximum Gasteiger partial charge on any atom is 0.305 e. The van der Waals surface area contributed by atoms with E-state index in [1.165, 1.54) is 22.5 Å². The monoisotopic (exact) mass is 570 g/mol. The van der Waals surface area contributed by atoms with Gasteiger partial charge >= 0.3 is 5.97 Å². The van der Waals surface area contributed by atoms with Gasteiger partial charge in [0.15, 0.2) is 11.6 Å². The van der Waals surface area contributed by atoms with Crippen LogP contribution in [0.2, 0.25) is 0 Å². The fourth-order valence-corrected chi connectivity index (χ4v) is 4.80. The molecule has 0 fully saturated rings.